The summed E-state index contributed by atoms with van der Waals surface area (Å²) in [4.78, 5) is 0. The average Bonchev–Trinajstić information content (AvgIpc) is 2.75. The predicted molar refractivity (Wildman–Crippen MR) is 67.1 cm³/mol. The number of rotatable bonds is 5. The number of ether oxygens (including phenoxy) is 1. The topological polar surface area (TPSA) is 21.3 Å². The van der Waals surface area contributed by atoms with Crippen LogP contribution in [0.2, 0.25) is 0 Å². The summed E-state index contributed by atoms with van der Waals surface area (Å²) in [5.41, 5.74) is 1.37. The fraction of sp³-hybridized carbons (Fsp3) is 0.571. The first-order valence-electron chi connectivity index (χ1n) is 6.25. The molecule has 2 atom stereocenters. The Hall–Kier alpha value is -1.02. The molecule has 1 heterocycles. The Bertz CT molecular complexity index is 337. The highest BCUT2D eigenvalue weighted by Crippen LogP contribution is 2.36. The van der Waals surface area contributed by atoms with Crippen molar-refractivity contribution in [2.75, 3.05) is 13.7 Å². The summed E-state index contributed by atoms with van der Waals surface area (Å²) in [6.07, 6.45) is 3.77. The van der Waals surface area contributed by atoms with Crippen LogP contribution in [0.1, 0.15) is 37.7 Å². The number of unbranched alkanes of at least 4 members (excludes halogenated alkanes) is 1. The van der Waals surface area contributed by atoms with E-state index >= 15 is 0 Å². The Morgan fingerprint density at radius 1 is 1.44 bits per heavy atom. The van der Waals surface area contributed by atoms with Crippen molar-refractivity contribution in [2.24, 2.45) is 0 Å². The van der Waals surface area contributed by atoms with Crippen LogP contribution in [0.3, 0.4) is 0 Å². The van der Waals surface area contributed by atoms with Crippen molar-refractivity contribution in [3.63, 3.8) is 0 Å². The zero-order valence-electron chi connectivity index (χ0n) is 10.2. The minimum Gasteiger partial charge on any atom is -0.493 e. The first-order chi connectivity index (χ1) is 7.86. The monoisotopic (exact) mass is 219 g/mol. The van der Waals surface area contributed by atoms with Gasteiger partial charge in [0.05, 0.1) is 6.61 Å². The quantitative estimate of drug-likeness (QED) is 0.822. The minimum absolute atomic E-state index is 0.521. The summed E-state index contributed by atoms with van der Waals surface area (Å²) in [7, 11) is 2.06. The number of hydrogen-bond donors (Lipinski definition) is 1. The molecule has 0 fully saturated rings. The number of para-hydroxylation sites is 1. The first-order valence-corrected chi connectivity index (χ1v) is 6.25. The van der Waals surface area contributed by atoms with Crippen molar-refractivity contribution in [1.29, 1.82) is 0 Å². The van der Waals surface area contributed by atoms with E-state index in [1.807, 2.05) is 6.07 Å². The molecule has 2 rings (SSSR count). The lowest BCUT2D eigenvalue weighted by molar-refractivity contribution is 0.295. The van der Waals surface area contributed by atoms with Crippen LogP contribution in [0.25, 0.3) is 0 Å². The molecule has 1 aromatic carbocycles. The maximum atomic E-state index is 5.73. The summed E-state index contributed by atoms with van der Waals surface area (Å²) in [5.74, 6) is 1.59. The first kappa shape index (κ1) is 11.5. The van der Waals surface area contributed by atoms with Gasteiger partial charge in [-0.05, 0) is 19.5 Å². The molecular formula is C14H21NO. The van der Waals surface area contributed by atoms with Gasteiger partial charge >= 0.3 is 0 Å². The van der Waals surface area contributed by atoms with Gasteiger partial charge in [0.1, 0.15) is 5.75 Å². The molecule has 1 aliphatic heterocycles. The molecule has 0 amide bonds. The summed E-state index contributed by atoms with van der Waals surface area (Å²) < 4.78 is 5.73. The van der Waals surface area contributed by atoms with Gasteiger partial charge in [0.2, 0.25) is 0 Å². The smallest absolute Gasteiger partial charge is 0.122 e. The second kappa shape index (κ2) is 5.35. The molecule has 16 heavy (non-hydrogen) atoms. The van der Waals surface area contributed by atoms with Crippen LogP contribution in [0.4, 0.5) is 0 Å². The van der Waals surface area contributed by atoms with Gasteiger partial charge in [-0.25, -0.2) is 0 Å². The number of hydrogen-bond acceptors (Lipinski definition) is 2. The molecule has 0 aromatic heterocycles. The Labute approximate surface area is 98.0 Å². The second-order valence-corrected chi connectivity index (χ2v) is 4.49. The lowest BCUT2D eigenvalue weighted by Crippen LogP contribution is -2.32. The van der Waals surface area contributed by atoms with E-state index < -0.39 is 0 Å². The summed E-state index contributed by atoms with van der Waals surface area (Å²) in [5, 5.41) is 3.44. The fourth-order valence-corrected chi connectivity index (χ4v) is 2.49. The number of likely N-dealkylation sites (N-methyl/N-ethyl adjacent to an activating group) is 1. The van der Waals surface area contributed by atoms with E-state index in [0.29, 0.717) is 12.0 Å². The van der Waals surface area contributed by atoms with E-state index in [4.69, 9.17) is 4.74 Å². The molecular weight excluding hydrogens is 198 g/mol. The van der Waals surface area contributed by atoms with Crippen LogP contribution < -0.4 is 10.1 Å². The maximum Gasteiger partial charge on any atom is 0.122 e. The molecule has 1 aromatic rings. The zero-order chi connectivity index (χ0) is 11.4. The van der Waals surface area contributed by atoms with Crippen molar-refractivity contribution >= 4 is 0 Å². The van der Waals surface area contributed by atoms with E-state index in [1.54, 1.807) is 0 Å². The third kappa shape index (κ3) is 2.22. The van der Waals surface area contributed by atoms with Gasteiger partial charge < -0.3 is 10.1 Å². The molecule has 0 radical (unpaired) electrons. The van der Waals surface area contributed by atoms with E-state index in [2.05, 4.69) is 37.5 Å². The van der Waals surface area contributed by atoms with E-state index in [-0.39, 0.29) is 0 Å². The summed E-state index contributed by atoms with van der Waals surface area (Å²) >= 11 is 0. The Morgan fingerprint density at radius 2 is 2.25 bits per heavy atom. The number of benzene rings is 1. The lowest BCUT2D eigenvalue weighted by Gasteiger charge is -2.22. The second-order valence-electron chi connectivity index (χ2n) is 4.49. The van der Waals surface area contributed by atoms with Crippen molar-refractivity contribution in [3.8, 4) is 5.75 Å². The van der Waals surface area contributed by atoms with E-state index in [9.17, 15) is 0 Å². The molecule has 1 N–H and O–H groups in total. The van der Waals surface area contributed by atoms with Gasteiger partial charge in [0.25, 0.3) is 0 Å². The van der Waals surface area contributed by atoms with Crippen LogP contribution in [-0.4, -0.2) is 19.7 Å². The van der Waals surface area contributed by atoms with Gasteiger partial charge in [-0.15, -0.1) is 0 Å². The van der Waals surface area contributed by atoms with Gasteiger partial charge in [0, 0.05) is 17.5 Å². The predicted octanol–water partition coefficient (Wildman–Crippen LogP) is 2.94. The standard InChI is InChI=1S/C14H21NO/c1-3-4-8-13(15-2)12-10-16-14-9-6-5-7-11(12)14/h5-7,9,12-13,15H,3-4,8,10H2,1-2H3. The summed E-state index contributed by atoms with van der Waals surface area (Å²) in [6, 6.07) is 8.96. The van der Waals surface area contributed by atoms with Crippen molar-refractivity contribution < 1.29 is 4.74 Å². The van der Waals surface area contributed by atoms with Crippen molar-refractivity contribution in [1.82, 2.24) is 5.32 Å². The minimum atomic E-state index is 0.521. The molecule has 2 heteroatoms. The third-order valence-corrected chi connectivity index (χ3v) is 3.46. The molecule has 0 spiro atoms. The van der Waals surface area contributed by atoms with Crippen LogP contribution in [0.5, 0.6) is 5.75 Å². The SMILES string of the molecule is CCCCC(NC)C1COc2ccccc21. The summed E-state index contributed by atoms with van der Waals surface area (Å²) in [6.45, 7) is 3.07. The van der Waals surface area contributed by atoms with Crippen molar-refractivity contribution in [2.45, 2.75) is 38.1 Å². The number of nitrogens with one attached hydrogen (secondary N) is 1. The highest BCUT2D eigenvalue weighted by Gasteiger charge is 2.29. The van der Waals surface area contributed by atoms with E-state index in [1.165, 1.54) is 24.8 Å². The average molecular weight is 219 g/mol. The third-order valence-electron chi connectivity index (χ3n) is 3.46. The van der Waals surface area contributed by atoms with E-state index in [0.717, 1.165) is 12.4 Å². The molecule has 0 saturated carbocycles. The van der Waals surface area contributed by atoms with Crippen molar-refractivity contribution in [3.05, 3.63) is 29.8 Å². The van der Waals surface area contributed by atoms with Gasteiger partial charge in [-0.1, -0.05) is 38.0 Å². The number of fused-ring (bicyclic) bond motifs is 1. The van der Waals surface area contributed by atoms with Gasteiger partial charge in [-0.2, -0.15) is 0 Å². The molecule has 88 valence electrons. The molecule has 0 saturated heterocycles. The normalized spacial score (nSPS) is 20.2. The van der Waals surface area contributed by atoms with Gasteiger partial charge in [0.15, 0.2) is 0 Å². The molecule has 0 aliphatic carbocycles. The Kier molecular flexibility index (Phi) is 3.83. The molecule has 2 nitrogen and oxygen atoms in total. The highest BCUT2D eigenvalue weighted by molar-refractivity contribution is 5.40. The molecule has 1 aliphatic rings. The molecule has 2 unspecified atom stereocenters. The van der Waals surface area contributed by atoms with Crippen LogP contribution in [-0.2, 0) is 0 Å². The molecule has 0 bridgehead atoms. The zero-order valence-corrected chi connectivity index (χ0v) is 10.2. The Morgan fingerprint density at radius 3 is 3.00 bits per heavy atom. The van der Waals surface area contributed by atoms with Crippen LogP contribution in [0.15, 0.2) is 24.3 Å². The maximum absolute atomic E-state index is 5.73. The fourth-order valence-electron chi connectivity index (χ4n) is 2.49. The highest BCUT2D eigenvalue weighted by atomic mass is 16.5. The lowest BCUT2D eigenvalue weighted by atomic mass is 9.90. The van der Waals surface area contributed by atoms with Crippen LogP contribution in [0, 0.1) is 0 Å². The Balaban J connectivity index is 2.10. The van der Waals surface area contributed by atoms with Crippen LogP contribution >= 0.6 is 0 Å². The van der Waals surface area contributed by atoms with Gasteiger partial charge in [-0.3, -0.25) is 0 Å². The largest absolute Gasteiger partial charge is 0.493 e.